The fraction of sp³-hybridized carbons (Fsp3) is 0.515. The summed E-state index contributed by atoms with van der Waals surface area (Å²) < 4.78 is 14.6. The summed E-state index contributed by atoms with van der Waals surface area (Å²) in [5, 5.41) is 2.25. The number of amides is 4. The molecule has 4 aliphatic rings. The van der Waals surface area contributed by atoms with Crippen LogP contribution in [0.15, 0.2) is 36.4 Å². The molecule has 4 amide bonds. The summed E-state index contributed by atoms with van der Waals surface area (Å²) in [6.07, 6.45) is 2.27. The van der Waals surface area contributed by atoms with E-state index in [0.717, 1.165) is 74.8 Å². The van der Waals surface area contributed by atoms with Gasteiger partial charge in [-0.25, -0.2) is 4.39 Å². The molecule has 11 heteroatoms. The average Bonchev–Trinajstić information content (AvgIpc) is 3.23. The van der Waals surface area contributed by atoms with Crippen LogP contribution in [0.1, 0.15) is 52.0 Å². The summed E-state index contributed by atoms with van der Waals surface area (Å²) in [5.41, 5.74) is 3.11. The monoisotopic (exact) mass is 604 g/mol. The topological polar surface area (TPSA) is 96.5 Å². The van der Waals surface area contributed by atoms with Gasteiger partial charge in [-0.05, 0) is 82.1 Å². The van der Waals surface area contributed by atoms with Crippen LogP contribution in [0.3, 0.4) is 0 Å². The Morgan fingerprint density at radius 1 is 0.886 bits per heavy atom. The molecular weight excluding hydrogens is 563 g/mol. The Balaban J connectivity index is 1.11. The van der Waals surface area contributed by atoms with Gasteiger partial charge in [0.15, 0.2) is 0 Å². The van der Waals surface area contributed by atoms with Gasteiger partial charge in [0.1, 0.15) is 11.9 Å². The molecule has 234 valence electrons. The van der Waals surface area contributed by atoms with Crippen molar-refractivity contribution in [1.29, 1.82) is 0 Å². The third-order valence-electron chi connectivity index (χ3n) is 9.52. The van der Waals surface area contributed by atoms with Crippen LogP contribution in [0.25, 0.3) is 0 Å². The first-order valence-electron chi connectivity index (χ1n) is 15.6. The van der Waals surface area contributed by atoms with Crippen LogP contribution in [-0.4, -0.2) is 110 Å². The number of anilines is 2. The summed E-state index contributed by atoms with van der Waals surface area (Å²) in [7, 11) is 4.16. The van der Waals surface area contributed by atoms with E-state index >= 15 is 0 Å². The Morgan fingerprint density at radius 3 is 2.34 bits per heavy atom. The van der Waals surface area contributed by atoms with Gasteiger partial charge >= 0.3 is 0 Å². The first-order chi connectivity index (χ1) is 21.1. The Bertz CT molecular complexity index is 1470. The summed E-state index contributed by atoms with van der Waals surface area (Å²) in [4.78, 5) is 60.8. The molecule has 44 heavy (non-hydrogen) atoms. The molecule has 6 rings (SSSR count). The fourth-order valence-corrected chi connectivity index (χ4v) is 7.17. The van der Waals surface area contributed by atoms with E-state index in [-0.39, 0.29) is 30.6 Å². The first kappa shape index (κ1) is 30.2. The van der Waals surface area contributed by atoms with Crippen molar-refractivity contribution in [3.63, 3.8) is 0 Å². The highest BCUT2D eigenvalue weighted by Crippen LogP contribution is 2.32. The minimum absolute atomic E-state index is 0.0943. The summed E-state index contributed by atoms with van der Waals surface area (Å²) in [6, 6.07) is 10.1. The molecule has 0 radical (unpaired) electrons. The molecule has 4 heterocycles. The number of rotatable bonds is 7. The molecule has 2 atom stereocenters. The highest BCUT2D eigenvalue weighted by atomic mass is 19.1. The highest BCUT2D eigenvalue weighted by molar-refractivity contribution is 6.23. The van der Waals surface area contributed by atoms with Gasteiger partial charge in [0.2, 0.25) is 11.8 Å². The van der Waals surface area contributed by atoms with E-state index in [1.54, 1.807) is 18.2 Å². The van der Waals surface area contributed by atoms with Gasteiger partial charge in [0.05, 0.1) is 16.8 Å². The second kappa shape index (κ2) is 12.3. The number of nitrogens with one attached hydrogen (secondary N) is 1. The van der Waals surface area contributed by atoms with Crippen molar-refractivity contribution in [3.8, 4) is 0 Å². The number of aryl methyl sites for hydroxylation is 1. The molecule has 4 aliphatic heterocycles. The molecule has 2 aromatic rings. The SMILES string of the molecule is Cc1ccc(N2CCC(CN3CCN(c4ccc5c(c4)C(=O)N(C4CCC(=O)NC4=O)C5=O)C[C@@H]3CN(C)C)CC2)c(F)c1. The van der Waals surface area contributed by atoms with Crippen molar-refractivity contribution < 1.29 is 23.6 Å². The Labute approximate surface area is 257 Å². The van der Waals surface area contributed by atoms with Crippen molar-refractivity contribution in [2.45, 2.75) is 44.7 Å². The minimum atomic E-state index is -0.973. The van der Waals surface area contributed by atoms with Gasteiger partial charge in [-0.2, -0.15) is 0 Å². The number of carbonyl (C=O) groups is 4. The predicted octanol–water partition coefficient (Wildman–Crippen LogP) is 2.50. The lowest BCUT2D eigenvalue weighted by atomic mass is 9.94. The Morgan fingerprint density at radius 2 is 1.64 bits per heavy atom. The standard InChI is InChI=1S/C33H41FN6O4/c1-21-4-7-28(27(34)16-21)37-12-10-22(11-13-37)18-38-14-15-39(20-24(38)19-36(2)3)23-5-6-25-26(17-23)33(44)40(32(25)43)29-8-9-30(41)35-31(29)42/h4-7,16-17,22,24,29H,8-15,18-20H2,1-3H3,(H,35,41,42)/t24-,29?/m0/s1. The largest absolute Gasteiger partial charge is 0.369 e. The molecule has 0 aliphatic carbocycles. The van der Waals surface area contributed by atoms with E-state index in [1.165, 1.54) is 0 Å². The number of carbonyl (C=O) groups excluding carboxylic acids is 4. The maximum absolute atomic E-state index is 14.6. The molecule has 3 saturated heterocycles. The lowest BCUT2D eigenvalue weighted by Gasteiger charge is -2.45. The smallest absolute Gasteiger partial charge is 0.262 e. The van der Waals surface area contributed by atoms with Crippen LogP contribution in [0.2, 0.25) is 0 Å². The van der Waals surface area contributed by atoms with Crippen molar-refractivity contribution in [3.05, 3.63) is 58.9 Å². The molecule has 0 spiro atoms. The van der Waals surface area contributed by atoms with Crippen molar-refractivity contribution in [1.82, 2.24) is 20.0 Å². The minimum Gasteiger partial charge on any atom is -0.369 e. The molecule has 2 aromatic carbocycles. The molecule has 10 nitrogen and oxygen atoms in total. The second-order valence-electron chi connectivity index (χ2n) is 12.9. The van der Waals surface area contributed by atoms with Crippen molar-refractivity contribution >= 4 is 35.0 Å². The molecule has 3 fully saturated rings. The number of piperazine rings is 1. The van der Waals surface area contributed by atoms with E-state index in [0.29, 0.717) is 22.7 Å². The lowest BCUT2D eigenvalue weighted by molar-refractivity contribution is -0.136. The quantitative estimate of drug-likeness (QED) is 0.482. The maximum atomic E-state index is 14.6. The number of likely N-dealkylation sites (N-methyl/N-ethyl adjacent to an activating group) is 1. The number of nitrogens with zero attached hydrogens (tertiary/aromatic N) is 5. The lowest BCUT2D eigenvalue weighted by Crippen LogP contribution is -2.58. The van der Waals surface area contributed by atoms with Gasteiger partial charge in [-0.1, -0.05) is 6.07 Å². The average molecular weight is 605 g/mol. The normalized spacial score (nSPS) is 23.5. The van der Waals surface area contributed by atoms with Crippen LogP contribution in [-0.2, 0) is 9.59 Å². The maximum Gasteiger partial charge on any atom is 0.262 e. The van der Waals surface area contributed by atoms with Gasteiger partial charge in [-0.15, -0.1) is 0 Å². The van der Waals surface area contributed by atoms with Gasteiger partial charge in [-0.3, -0.25) is 34.3 Å². The highest BCUT2D eigenvalue weighted by Gasteiger charge is 2.45. The van der Waals surface area contributed by atoms with E-state index in [1.807, 2.05) is 25.1 Å². The molecule has 0 saturated carbocycles. The van der Waals surface area contributed by atoms with E-state index in [9.17, 15) is 23.6 Å². The Hall–Kier alpha value is -3.83. The number of hydrogen-bond acceptors (Lipinski definition) is 8. The summed E-state index contributed by atoms with van der Waals surface area (Å²) in [5.74, 6) is -1.57. The molecule has 1 N–H and O–H groups in total. The van der Waals surface area contributed by atoms with Crippen LogP contribution < -0.4 is 15.1 Å². The number of hydrogen-bond donors (Lipinski definition) is 1. The number of benzene rings is 2. The van der Waals surface area contributed by atoms with E-state index < -0.39 is 23.8 Å². The number of halogens is 1. The fourth-order valence-electron chi connectivity index (χ4n) is 7.17. The van der Waals surface area contributed by atoms with Crippen LogP contribution >= 0.6 is 0 Å². The summed E-state index contributed by atoms with van der Waals surface area (Å²) in [6.45, 7) is 7.92. The van der Waals surface area contributed by atoms with Crippen molar-refractivity contribution in [2.24, 2.45) is 5.92 Å². The van der Waals surface area contributed by atoms with Crippen LogP contribution in [0.5, 0.6) is 0 Å². The zero-order chi connectivity index (χ0) is 31.1. The number of fused-ring (bicyclic) bond motifs is 1. The molecule has 0 bridgehead atoms. The van der Waals surface area contributed by atoms with Crippen LogP contribution in [0, 0.1) is 18.7 Å². The van der Waals surface area contributed by atoms with Crippen LogP contribution in [0.4, 0.5) is 15.8 Å². The Kier molecular flexibility index (Phi) is 8.43. The first-order valence-corrected chi connectivity index (χ1v) is 15.6. The predicted molar refractivity (Wildman–Crippen MR) is 165 cm³/mol. The third kappa shape index (κ3) is 5.95. The van der Waals surface area contributed by atoms with E-state index in [2.05, 4.69) is 39.0 Å². The van der Waals surface area contributed by atoms with Gasteiger partial charge in [0, 0.05) is 64.0 Å². The molecular formula is C33H41FN6O4. The second-order valence-corrected chi connectivity index (χ2v) is 12.9. The number of imide groups is 2. The zero-order valence-corrected chi connectivity index (χ0v) is 25.7. The summed E-state index contributed by atoms with van der Waals surface area (Å²) >= 11 is 0. The van der Waals surface area contributed by atoms with E-state index in [4.69, 9.17) is 0 Å². The zero-order valence-electron chi connectivity index (χ0n) is 25.7. The molecule has 1 unspecified atom stereocenters. The third-order valence-corrected chi connectivity index (χ3v) is 9.52. The van der Waals surface area contributed by atoms with Gasteiger partial charge < -0.3 is 14.7 Å². The number of piperidine rings is 2. The van der Waals surface area contributed by atoms with Gasteiger partial charge in [0.25, 0.3) is 11.8 Å². The molecule has 0 aromatic heterocycles. The van der Waals surface area contributed by atoms with Crippen molar-refractivity contribution in [2.75, 3.05) is 69.7 Å².